The first-order valence-corrected chi connectivity index (χ1v) is 6.07. The minimum atomic E-state index is -0.949. The number of amides is 1. The van der Waals surface area contributed by atoms with E-state index in [1.807, 2.05) is 0 Å². The number of halogens is 1. The second kappa shape index (κ2) is 6.60. The molecule has 0 aliphatic heterocycles. The minimum Gasteiger partial charge on any atom is -0.467 e. The van der Waals surface area contributed by atoms with E-state index in [0.717, 1.165) is 6.20 Å². The Balaban J connectivity index is 2.13. The van der Waals surface area contributed by atoms with E-state index in [9.17, 15) is 14.0 Å². The Labute approximate surface area is 119 Å². The smallest absolute Gasteiger partial charge is 0.328 e. The number of methoxy groups -OCH3 is 1. The van der Waals surface area contributed by atoms with Gasteiger partial charge in [0.05, 0.1) is 25.2 Å². The number of pyridine rings is 1. The fourth-order valence-corrected chi connectivity index (χ4v) is 1.75. The highest BCUT2D eigenvalue weighted by atomic mass is 19.1. The lowest BCUT2D eigenvalue weighted by molar-refractivity contribution is -0.142. The summed E-state index contributed by atoms with van der Waals surface area (Å²) in [5.74, 6) is -2.11. The van der Waals surface area contributed by atoms with Crippen molar-refractivity contribution in [3.05, 3.63) is 48.1 Å². The summed E-state index contributed by atoms with van der Waals surface area (Å²) < 4.78 is 18.1. The number of imidazole rings is 1. The number of carbonyl (C=O) groups excluding carboxylic acids is 2. The van der Waals surface area contributed by atoms with Crippen molar-refractivity contribution in [3.63, 3.8) is 0 Å². The first-order chi connectivity index (χ1) is 10.1. The van der Waals surface area contributed by atoms with Gasteiger partial charge < -0.3 is 15.0 Å². The van der Waals surface area contributed by atoms with Crippen molar-refractivity contribution in [2.75, 3.05) is 7.11 Å². The molecule has 0 spiro atoms. The van der Waals surface area contributed by atoms with Gasteiger partial charge in [-0.1, -0.05) is 0 Å². The van der Waals surface area contributed by atoms with Crippen molar-refractivity contribution < 1.29 is 18.7 Å². The van der Waals surface area contributed by atoms with Crippen LogP contribution in [0.4, 0.5) is 4.39 Å². The lowest BCUT2D eigenvalue weighted by Gasteiger charge is -2.15. The number of hydrogen-bond donors (Lipinski definition) is 2. The van der Waals surface area contributed by atoms with E-state index in [0.29, 0.717) is 5.69 Å². The maximum atomic E-state index is 13.5. The van der Waals surface area contributed by atoms with Crippen LogP contribution >= 0.6 is 0 Å². The number of ether oxygens (including phenoxy) is 1. The number of nitrogens with zero attached hydrogens (tertiary/aromatic N) is 2. The van der Waals surface area contributed by atoms with E-state index in [2.05, 4.69) is 25.0 Å². The Morgan fingerprint density at radius 2 is 2.24 bits per heavy atom. The number of aromatic nitrogens is 3. The van der Waals surface area contributed by atoms with Crippen LogP contribution < -0.4 is 5.32 Å². The van der Waals surface area contributed by atoms with Gasteiger partial charge >= 0.3 is 5.97 Å². The van der Waals surface area contributed by atoms with Crippen LogP contribution in [0.15, 0.2) is 31.0 Å². The molecule has 2 N–H and O–H groups in total. The molecule has 2 rings (SSSR count). The highest BCUT2D eigenvalue weighted by Crippen LogP contribution is 2.06. The van der Waals surface area contributed by atoms with Gasteiger partial charge in [0.1, 0.15) is 6.04 Å². The monoisotopic (exact) mass is 292 g/mol. The van der Waals surface area contributed by atoms with Crippen LogP contribution in [0.2, 0.25) is 0 Å². The zero-order chi connectivity index (χ0) is 15.2. The summed E-state index contributed by atoms with van der Waals surface area (Å²) in [5.41, 5.74) is 0.449. The van der Waals surface area contributed by atoms with Gasteiger partial charge in [-0.3, -0.25) is 9.78 Å². The third kappa shape index (κ3) is 3.62. The van der Waals surface area contributed by atoms with Crippen LogP contribution in [0.25, 0.3) is 0 Å². The van der Waals surface area contributed by atoms with Gasteiger partial charge in [0.2, 0.25) is 0 Å². The van der Waals surface area contributed by atoms with Gasteiger partial charge in [0.25, 0.3) is 5.91 Å². The van der Waals surface area contributed by atoms with Crippen LogP contribution in [-0.4, -0.2) is 40.0 Å². The summed E-state index contributed by atoms with van der Waals surface area (Å²) in [7, 11) is 1.21. The van der Waals surface area contributed by atoms with Crippen LogP contribution in [0.1, 0.15) is 16.1 Å². The predicted molar refractivity (Wildman–Crippen MR) is 69.8 cm³/mol. The molecule has 0 aromatic carbocycles. The Bertz CT molecular complexity index is 630. The fourth-order valence-electron chi connectivity index (χ4n) is 1.75. The molecule has 0 saturated carbocycles. The summed E-state index contributed by atoms with van der Waals surface area (Å²) in [6, 6.07) is 0.283. The summed E-state index contributed by atoms with van der Waals surface area (Å²) in [5, 5.41) is 2.43. The minimum absolute atomic E-state index is 0.158. The average molecular weight is 292 g/mol. The highest BCUT2D eigenvalue weighted by molar-refractivity contribution is 5.96. The molecule has 0 radical (unpaired) electrons. The fraction of sp³-hybridized carbons (Fsp3) is 0.231. The highest BCUT2D eigenvalue weighted by Gasteiger charge is 2.24. The van der Waals surface area contributed by atoms with Crippen LogP contribution in [0.3, 0.4) is 0 Å². The molecular formula is C13H13FN4O3. The molecule has 0 unspecified atom stereocenters. The third-order valence-corrected chi connectivity index (χ3v) is 2.79. The van der Waals surface area contributed by atoms with E-state index in [1.54, 1.807) is 0 Å². The van der Waals surface area contributed by atoms with Crippen molar-refractivity contribution in [1.29, 1.82) is 0 Å². The molecule has 0 saturated heterocycles. The summed E-state index contributed by atoms with van der Waals surface area (Å²) >= 11 is 0. The molecule has 0 bridgehead atoms. The zero-order valence-electron chi connectivity index (χ0n) is 11.2. The van der Waals surface area contributed by atoms with Gasteiger partial charge in [0, 0.05) is 24.5 Å². The Morgan fingerprint density at radius 3 is 2.86 bits per heavy atom. The van der Waals surface area contributed by atoms with E-state index in [-0.39, 0.29) is 12.0 Å². The molecule has 0 aliphatic rings. The number of H-pyrrole nitrogens is 1. The average Bonchev–Trinajstić information content (AvgIpc) is 2.99. The van der Waals surface area contributed by atoms with Crippen LogP contribution in [0.5, 0.6) is 0 Å². The number of rotatable bonds is 5. The second-order valence-corrected chi connectivity index (χ2v) is 4.19. The number of hydrogen-bond acceptors (Lipinski definition) is 5. The maximum Gasteiger partial charge on any atom is 0.328 e. The quantitative estimate of drug-likeness (QED) is 0.780. The molecule has 1 atom stereocenters. The van der Waals surface area contributed by atoms with Gasteiger partial charge in [0.15, 0.2) is 5.82 Å². The first-order valence-electron chi connectivity index (χ1n) is 6.07. The molecular weight excluding hydrogens is 279 g/mol. The topological polar surface area (TPSA) is 97.0 Å². The molecule has 2 heterocycles. The first kappa shape index (κ1) is 14.6. The van der Waals surface area contributed by atoms with Crippen LogP contribution in [0, 0.1) is 5.82 Å². The van der Waals surface area contributed by atoms with Crippen molar-refractivity contribution in [1.82, 2.24) is 20.3 Å². The molecule has 0 fully saturated rings. The molecule has 7 nitrogen and oxygen atoms in total. The lowest BCUT2D eigenvalue weighted by atomic mass is 10.1. The molecule has 2 aromatic heterocycles. The van der Waals surface area contributed by atoms with Crippen LogP contribution in [-0.2, 0) is 16.0 Å². The molecule has 8 heteroatoms. The van der Waals surface area contributed by atoms with E-state index in [1.165, 1.54) is 31.9 Å². The third-order valence-electron chi connectivity index (χ3n) is 2.79. The predicted octanol–water partition coefficient (Wildman–Crippen LogP) is 0.458. The number of aromatic amines is 1. The maximum absolute atomic E-state index is 13.5. The largest absolute Gasteiger partial charge is 0.467 e. The number of nitrogens with one attached hydrogen (secondary N) is 2. The summed E-state index contributed by atoms with van der Waals surface area (Å²) in [4.78, 5) is 33.9. The van der Waals surface area contributed by atoms with E-state index < -0.39 is 23.7 Å². The van der Waals surface area contributed by atoms with Crippen molar-refractivity contribution in [2.24, 2.45) is 0 Å². The van der Waals surface area contributed by atoms with E-state index >= 15 is 0 Å². The number of esters is 1. The van der Waals surface area contributed by atoms with Crippen molar-refractivity contribution >= 4 is 11.9 Å². The van der Waals surface area contributed by atoms with Gasteiger partial charge in [-0.15, -0.1) is 0 Å². The zero-order valence-corrected chi connectivity index (χ0v) is 11.2. The SMILES string of the molecule is COC(=O)[C@@H](Cc1cnc[nH]1)NC(=O)c1ccncc1F. The molecule has 1 amide bonds. The van der Waals surface area contributed by atoms with Gasteiger partial charge in [-0.2, -0.15) is 0 Å². The van der Waals surface area contributed by atoms with Gasteiger partial charge in [-0.25, -0.2) is 14.2 Å². The Morgan fingerprint density at radius 1 is 1.43 bits per heavy atom. The normalized spacial score (nSPS) is 11.7. The summed E-state index contributed by atoms with van der Waals surface area (Å²) in [6.45, 7) is 0. The Kier molecular flexibility index (Phi) is 4.60. The van der Waals surface area contributed by atoms with E-state index in [4.69, 9.17) is 0 Å². The van der Waals surface area contributed by atoms with Crippen molar-refractivity contribution in [2.45, 2.75) is 12.5 Å². The second-order valence-electron chi connectivity index (χ2n) is 4.19. The lowest BCUT2D eigenvalue weighted by Crippen LogP contribution is -2.43. The molecule has 21 heavy (non-hydrogen) atoms. The molecule has 2 aromatic rings. The summed E-state index contributed by atoms with van der Waals surface area (Å²) in [6.07, 6.45) is 5.35. The van der Waals surface area contributed by atoms with Crippen molar-refractivity contribution in [3.8, 4) is 0 Å². The number of carbonyl (C=O) groups is 2. The molecule has 110 valence electrons. The van der Waals surface area contributed by atoms with Gasteiger partial charge in [-0.05, 0) is 6.07 Å². The Hall–Kier alpha value is -2.77. The molecule has 0 aliphatic carbocycles. The standard InChI is InChI=1S/C13H13FN4O3/c1-21-13(20)11(4-8-5-16-7-17-8)18-12(19)9-2-3-15-6-10(9)14/h2-3,5-7,11H,4H2,1H3,(H,16,17)(H,18,19)/t11-/m1/s1.